The fourth-order valence-corrected chi connectivity index (χ4v) is 2.15. The number of ether oxygens (including phenoxy) is 1. The molecule has 1 aromatic carbocycles. The Labute approximate surface area is 118 Å². The Balaban J connectivity index is 2.29. The zero-order valence-corrected chi connectivity index (χ0v) is 12.9. The number of benzene rings is 1. The van der Waals surface area contributed by atoms with Crippen LogP contribution in [0.4, 0.5) is 0 Å². The Hall–Kier alpha value is -1.02. The van der Waals surface area contributed by atoms with Gasteiger partial charge in [0.1, 0.15) is 5.75 Å². The minimum atomic E-state index is 0.515. The molecular formula is C17H29NO. The van der Waals surface area contributed by atoms with E-state index in [9.17, 15) is 0 Å². The van der Waals surface area contributed by atoms with Gasteiger partial charge >= 0.3 is 0 Å². The lowest BCUT2D eigenvalue weighted by Gasteiger charge is -2.15. The van der Waals surface area contributed by atoms with Gasteiger partial charge in [-0.2, -0.15) is 0 Å². The van der Waals surface area contributed by atoms with E-state index in [1.807, 2.05) is 6.07 Å². The van der Waals surface area contributed by atoms with Gasteiger partial charge in [0.25, 0.3) is 0 Å². The van der Waals surface area contributed by atoms with E-state index in [2.05, 4.69) is 51.2 Å². The van der Waals surface area contributed by atoms with E-state index in [4.69, 9.17) is 4.74 Å². The SMILES string of the molecule is CCCNC(C)CCCOc1ccccc1C(C)C. The fraction of sp³-hybridized carbons (Fsp3) is 0.647. The molecule has 0 radical (unpaired) electrons. The molecule has 1 rings (SSSR count). The Morgan fingerprint density at radius 2 is 1.89 bits per heavy atom. The molecule has 1 aromatic rings. The van der Waals surface area contributed by atoms with E-state index in [-0.39, 0.29) is 0 Å². The summed E-state index contributed by atoms with van der Waals surface area (Å²) in [4.78, 5) is 0. The van der Waals surface area contributed by atoms with E-state index in [0.717, 1.165) is 25.3 Å². The predicted molar refractivity (Wildman–Crippen MR) is 83.0 cm³/mol. The minimum absolute atomic E-state index is 0.515. The number of para-hydroxylation sites is 1. The van der Waals surface area contributed by atoms with Crippen molar-refractivity contribution in [3.8, 4) is 5.75 Å². The van der Waals surface area contributed by atoms with Crippen molar-refractivity contribution in [3.05, 3.63) is 29.8 Å². The Kier molecular flexibility index (Phi) is 7.57. The van der Waals surface area contributed by atoms with Gasteiger partial charge in [0.2, 0.25) is 0 Å². The zero-order valence-electron chi connectivity index (χ0n) is 12.9. The maximum absolute atomic E-state index is 5.93. The Bertz CT molecular complexity index is 349. The standard InChI is InChI=1S/C17H29NO/c1-5-12-18-15(4)9-8-13-19-17-11-7-6-10-16(17)14(2)3/h6-7,10-11,14-15,18H,5,8-9,12-13H2,1-4H3. The summed E-state index contributed by atoms with van der Waals surface area (Å²) in [5.74, 6) is 1.56. The average Bonchev–Trinajstić information content (AvgIpc) is 2.41. The number of rotatable bonds is 9. The van der Waals surface area contributed by atoms with Crippen molar-refractivity contribution < 1.29 is 4.74 Å². The summed E-state index contributed by atoms with van der Waals surface area (Å²) in [7, 11) is 0. The number of hydrogen-bond donors (Lipinski definition) is 1. The molecule has 0 bridgehead atoms. The van der Waals surface area contributed by atoms with Gasteiger partial charge in [-0.05, 0) is 50.3 Å². The topological polar surface area (TPSA) is 21.3 Å². The van der Waals surface area contributed by atoms with Crippen molar-refractivity contribution in [3.63, 3.8) is 0 Å². The molecule has 19 heavy (non-hydrogen) atoms. The minimum Gasteiger partial charge on any atom is -0.493 e. The van der Waals surface area contributed by atoms with Crippen LogP contribution in [0.15, 0.2) is 24.3 Å². The van der Waals surface area contributed by atoms with Gasteiger partial charge < -0.3 is 10.1 Å². The number of nitrogens with one attached hydrogen (secondary N) is 1. The third kappa shape index (κ3) is 6.11. The normalized spacial score (nSPS) is 12.7. The molecule has 0 saturated heterocycles. The van der Waals surface area contributed by atoms with Gasteiger partial charge in [-0.25, -0.2) is 0 Å². The highest BCUT2D eigenvalue weighted by atomic mass is 16.5. The van der Waals surface area contributed by atoms with Crippen molar-refractivity contribution in [1.82, 2.24) is 5.32 Å². The quantitative estimate of drug-likeness (QED) is 0.668. The van der Waals surface area contributed by atoms with E-state index in [1.165, 1.54) is 18.4 Å². The molecule has 0 aromatic heterocycles. The van der Waals surface area contributed by atoms with Crippen LogP contribution in [0.5, 0.6) is 5.75 Å². The molecule has 0 saturated carbocycles. The highest BCUT2D eigenvalue weighted by Crippen LogP contribution is 2.25. The molecule has 1 unspecified atom stereocenters. The molecule has 108 valence electrons. The maximum atomic E-state index is 5.93. The summed E-state index contributed by atoms with van der Waals surface area (Å²) in [5, 5.41) is 3.51. The van der Waals surface area contributed by atoms with Crippen LogP contribution < -0.4 is 10.1 Å². The molecule has 0 spiro atoms. The first-order valence-electron chi connectivity index (χ1n) is 7.60. The molecule has 2 nitrogen and oxygen atoms in total. The molecular weight excluding hydrogens is 234 g/mol. The lowest BCUT2D eigenvalue weighted by molar-refractivity contribution is 0.294. The van der Waals surface area contributed by atoms with Crippen LogP contribution in [0.25, 0.3) is 0 Å². The van der Waals surface area contributed by atoms with Crippen LogP contribution in [0.3, 0.4) is 0 Å². The average molecular weight is 263 g/mol. The van der Waals surface area contributed by atoms with E-state index < -0.39 is 0 Å². The fourth-order valence-electron chi connectivity index (χ4n) is 2.15. The maximum Gasteiger partial charge on any atom is 0.122 e. The highest BCUT2D eigenvalue weighted by molar-refractivity contribution is 5.35. The summed E-state index contributed by atoms with van der Waals surface area (Å²) < 4.78 is 5.93. The summed E-state index contributed by atoms with van der Waals surface area (Å²) in [5.41, 5.74) is 1.31. The summed E-state index contributed by atoms with van der Waals surface area (Å²) >= 11 is 0. The summed E-state index contributed by atoms with van der Waals surface area (Å²) in [6, 6.07) is 8.95. The van der Waals surface area contributed by atoms with Gasteiger partial charge in [0, 0.05) is 6.04 Å². The highest BCUT2D eigenvalue weighted by Gasteiger charge is 2.07. The third-order valence-corrected chi connectivity index (χ3v) is 3.32. The molecule has 0 amide bonds. The molecule has 0 heterocycles. The zero-order chi connectivity index (χ0) is 14.1. The van der Waals surface area contributed by atoms with Gasteiger partial charge in [-0.1, -0.05) is 39.0 Å². The molecule has 2 heteroatoms. The van der Waals surface area contributed by atoms with Crippen molar-refractivity contribution in [2.45, 2.75) is 58.9 Å². The second-order valence-corrected chi connectivity index (χ2v) is 5.54. The van der Waals surface area contributed by atoms with Crippen molar-refractivity contribution in [2.75, 3.05) is 13.2 Å². The second-order valence-electron chi connectivity index (χ2n) is 5.54. The van der Waals surface area contributed by atoms with Crippen molar-refractivity contribution in [2.24, 2.45) is 0 Å². The van der Waals surface area contributed by atoms with Crippen LogP contribution in [-0.4, -0.2) is 19.2 Å². The van der Waals surface area contributed by atoms with Crippen LogP contribution in [0.1, 0.15) is 58.4 Å². The Morgan fingerprint density at radius 3 is 2.58 bits per heavy atom. The molecule has 1 atom stereocenters. The molecule has 0 aliphatic rings. The second kappa shape index (κ2) is 8.98. The lowest BCUT2D eigenvalue weighted by Crippen LogP contribution is -2.26. The van der Waals surface area contributed by atoms with Crippen LogP contribution in [0.2, 0.25) is 0 Å². The van der Waals surface area contributed by atoms with E-state index in [1.54, 1.807) is 0 Å². The van der Waals surface area contributed by atoms with Crippen molar-refractivity contribution >= 4 is 0 Å². The van der Waals surface area contributed by atoms with Gasteiger partial charge in [0.05, 0.1) is 6.61 Å². The van der Waals surface area contributed by atoms with Gasteiger partial charge in [0.15, 0.2) is 0 Å². The summed E-state index contributed by atoms with van der Waals surface area (Å²) in [6.07, 6.45) is 3.47. The van der Waals surface area contributed by atoms with Crippen LogP contribution >= 0.6 is 0 Å². The van der Waals surface area contributed by atoms with Crippen LogP contribution in [-0.2, 0) is 0 Å². The van der Waals surface area contributed by atoms with Crippen LogP contribution in [0, 0.1) is 0 Å². The van der Waals surface area contributed by atoms with Gasteiger partial charge in [-0.3, -0.25) is 0 Å². The molecule has 0 fully saturated rings. The first-order valence-corrected chi connectivity index (χ1v) is 7.60. The molecule has 0 aliphatic heterocycles. The predicted octanol–water partition coefficient (Wildman–Crippen LogP) is 4.36. The van der Waals surface area contributed by atoms with E-state index >= 15 is 0 Å². The first-order chi connectivity index (χ1) is 9.15. The lowest BCUT2D eigenvalue weighted by atomic mass is 10.0. The molecule has 0 aliphatic carbocycles. The van der Waals surface area contributed by atoms with Crippen molar-refractivity contribution in [1.29, 1.82) is 0 Å². The monoisotopic (exact) mass is 263 g/mol. The first kappa shape index (κ1) is 16.0. The largest absolute Gasteiger partial charge is 0.493 e. The molecule has 1 N–H and O–H groups in total. The van der Waals surface area contributed by atoms with E-state index in [0.29, 0.717) is 12.0 Å². The van der Waals surface area contributed by atoms with Gasteiger partial charge in [-0.15, -0.1) is 0 Å². The summed E-state index contributed by atoms with van der Waals surface area (Å²) in [6.45, 7) is 10.8. The Morgan fingerprint density at radius 1 is 1.16 bits per heavy atom. The number of hydrogen-bond acceptors (Lipinski definition) is 2. The smallest absolute Gasteiger partial charge is 0.122 e. The third-order valence-electron chi connectivity index (χ3n) is 3.32.